The average molecular weight is 211 g/mol. The van der Waals surface area contributed by atoms with E-state index in [0.29, 0.717) is 6.42 Å². The second-order valence-corrected chi connectivity index (χ2v) is 5.07. The predicted molar refractivity (Wildman–Crippen MR) is 66.1 cm³/mol. The minimum Gasteiger partial charge on any atom is -0.302 e. The van der Waals surface area contributed by atoms with Gasteiger partial charge in [-0.2, -0.15) is 0 Å². The zero-order valence-corrected chi connectivity index (χ0v) is 10.7. The van der Waals surface area contributed by atoms with Crippen molar-refractivity contribution in [1.82, 2.24) is 4.90 Å². The summed E-state index contributed by atoms with van der Waals surface area (Å²) in [4.78, 5) is 13.3. The summed E-state index contributed by atoms with van der Waals surface area (Å²) in [6.45, 7) is 11.2. The molecule has 0 aliphatic heterocycles. The molecule has 0 spiro atoms. The van der Waals surface area contributed by atoms with E-state index in [1.54, 1.807) is 0 Å². The van der Waals surface area contributed by atoms with E-state index in [1.807, 2.05) is 0 Å². The quantitative estimate of drug-likeness (QED) is 0.476. The Kier molecular flexibility index (Phi) is 6.50. The molecule has 0 atom stereocenters. The van der Waals surface area contributed by atoms with Gasteiger partial charge in [-0.25, -0.2) is 0 Å². The number of rotatable bonds is 7. The third-order valence-electron chi connectivity index (χ3n) is 2.79. The van der Waals surface area contributed by atoms with Crippen LogP contribution in [0.1, 0.15) is 46.5 Å². The highest BCUT2D eigenvalue weighted by Crippen LogP contribution is 2.12. The highest BCUT2D eigenvalue weighted by Gasteiger charge is 2.15. The first-order valence-corrected chi connectivity index (χ1v) is 5.74. The molecule has 0 rings (SSSR count). The van der Waals surface area contributed by atoms with Gasteiger partial charge in [0.05, 0.1) is 0 Å². The van der Waals surface area contributed by atoms with E-state index in [0.717, 1.165) is 25.8 Å². The summed E-state index contributed by atoms with van der Waals surface area (Å²) in [6.07, 6.45) is 5.35. The van der Waals surface area contributed by atoms with E-state index in [9.17, 15) is 4.79 Å². The Balaban J connectivity index is 3.47. The number of carbonyl (C=O) groups excluding carboxylic acids is 1. The molecule has 0 radical (unpaired) electrons. The van der Waals surface area contributed by atoms with E-state index >= 15 is 0 Å². The molecule has 0 N–H and O–H groups in total. The number of carbonyl (C=O) groups is 1. The van der Waals surface area contributed by atoms with E-state index in [-0.39, 0.29) is 11.3 Å². The van der Waals surface area contributed by atoms with E-state index in [2.05, 4.69) is 39.3 Å². The molecule has 0 saturated carbocycles. The van der Waals surface area contributed by atoms with Gasteiger partial charge >= 0.3 is 0 Å². The Morgan fingerprint density at radius 1 is 1.27 bits per heavy atom. The Morgan fingerprint density at radius 2 is 1.87 bits per heavy atom. The van der Waals surface area contributed by atoms with E-state index < -0.39 is 0 Å². The molecular weight excluding hydrogens is 186 g/mol. The van der Waals surface area contributed by atoms with Gasteiger partial charge in [0.25, 0.3) is 0 Å². The van der Waals surface area contributed by atoms with Crippen molar-refractivity contribution in [2.45, 2.75) is 52.0 Å². The Bertz CT molecular complexity index is 203. The highest BCUT2D eigenvalue weighted by atomic mass is 16.1. The fraction of sp³-hybridized carbons (Fsp3) is 0.769. The van der Waals surface area contributed by atoms with Gasteiger partial charge in [0.15, 0.2) is 5.78 Å². The van der Waals surface area contributed by atoms with Crippen molar-refractivity contribution >= 4 is 5.78 Å². The third-order valence-corrected chi connectivity index (χ3v) is 2.79. The lowest BCUT2D eigenvalue weighted by atomic mass is 10.1. The molecule has 0 amide bonds. The van der Waals surface area contributed by atoms with Crippen molar-refractivity contribution in [2.24, 2.45) is 0 Å². The van der Waals surface area contributed by atoms with Gasteiger partial charge in [0.2, 0.25) is 0 Å². The zero-order valence-electron chi connectivity index (χ0n) is 10.7. The topological polar surface area (TPSA) is 20.3 Å². The molecule has 0 aliphatic rings. The molecule has 0 aromatic rings. The maximum atomic E-state index is 10.9. The largest absolute Gasteiger partial charge is 0.302 e. The fourth-order valence-corrected chi connectivity index (χ4v) is 1.26. The van der Waals surface area contributed by atoms with Crippen LogP contribution in [0.15, 0.2) is 12.7 Å². The van der Waals surface area contributed by atoms with Gasteiger partial charge in [0.1, 0.15) is 0 Å². The molecule has 0 aliphatic carbocycles. The molecule has 0 aromatic heterocycles. The van der Waals surface area contributed by atoms with Gasteiger partial charge in [-0.1, -0.05) is 13.0 Å². The van der Waals surface area contributed by atoms with Crippen LogP contribution in [-0.2, 0) is 4.79 Å². The van der Waals surface area contributed by atoms with Gasteiger partial charge in [-0.15, -0.1) is 0 Å². The van der Waals surface area contributed by atoms with Gasteiger partial charge in [-0.05, 0) is 53.3 Å². The number of hydrogen-bond acceptors (Lipinski definition) is 2. The maximum absolute atomic E-state index is 10.9. The second kappa shape index (κ2) is 6.78. The van der Waals surface area contributed by atoms with Crippen LogP contribution in [0.4, 0.5) is 0 Å². The minimum atomic E-state index is 0.166. The van der Waals surface area contributed by atoms with Crippen LogP contribution in [0.25, 0.3) is 0 Å². The number of unbranched alkanes of at least 4 members (excludes halogenated alkanes) is 2. The SMILES string of the molecule is C=CC(=O)CCCCCN(C)C(C)(C)C. The van der Waals surface area contributed by atoms with Crippen LogP contribution in [0.2, 0.25) is 0 Å². The lowest BCUT2D eigenvalue weighted by molar-refractivity contribution is -0.114. The average Bonchev–Trinajstić information content (AvgIpc) is 2.15. The van der Waals surface area contributed by atoms with Gasteiger partial charge < -0.3 is 4.90 Å². The molecule has 0 fully saturated rings. The summed E-state index contributed by atoms with van der Waals surface area (Å²) < 4.78 is 0. The van der Waals surface area contributed by atoms with Crippen LogP contribution in [-0.4, -0.2) is 29.8 Å². The standard InChI is InChI=1S/C13H25NO/c1-6-12(15)10-8-7-9-11-14(5)13(2,3)4/h6H,1,7-11H2,2-5H3. The molecule has 0 saturated heterocycles. The van der Waals surface area contributed by atoms with Crippen LogP contribution < -0.4 is 0 Å². The fourth-order valence-electron chi connectivity index (χ4n) is 1.26. The van der Waals surface area contributed by atoms with Crippen molar-refractivity contribution in [3.05, 3.63) is 12.7 Å². The number of hydrogen-bond donors (Lipinski definition) is 0. The third kappa shape index (κ3) is 7.32. The summed E-state index contributed by atoms with van der Waals surface area (Å²) >= 11 is 0. The highest BCUT2D eigenvalue weighted by molar-refractivity contribution is 5.88. The number of allylic oxidation sites excluding steroid dienone is 1. The second-order valence-electron chi connectivity index (χ2n) is 5.07. The van der Waals surface area contributed by atoms with Crippen molar-refractivity contribution in [2.75, 3.05) is 13.6 Å². The molecular formula is C13H25NO. The summed E-state index contributed by atoms with van der Waals surface area (Å²) in [7, 11) is 2.15. The Morgan fingerprint density at radius 3 is 2.33 bits per heavy atom. The van der Waals surface area contributed by atoms with Crippen LogP contribution in [0.5, 0.6) is 0 Å². The number of ketones is 1. The lowest BCUT2D eigenvalue weighted by Crippen LogP contribution is -2.38. The van der Waals surface area contributed by atoms with Gasteiger partial charge in [0, 0.05) is 12.0 Å². The predicted octanol–water partition coefficient (Wildman–Crippen LogP) is 3.03. The lowest BCUT2D eigenvalue weighted by Gasteiger charge is -2.31. The van der Waals surface area contributed by atoms with Crippen molar-refractivity contribution in [3.8, 4) is 0 Å². The minimum absolute atomic E-state index is 0.166. The summed E-state index contributed by atoms with van der Waals surface area (Å²) in [5, 5.41) is 0. The van der Waals surface area contributed by atoms with Crippen LogP contribution in [0, 0.1) is 0 Å². The molecule has 15 heavy (non-hydrogen) atoms. The van der Waals surface area contributed by atoms with E-state index in [4.69, 9.17) is 0 Å². The molecule has 88 valence electrons. The van der Waals surface area contributed by atoms with Crippen LogP contribution in [0.3, 0.4) is 0 Å². The van der Waals surface area contributed by atoms with Crippen molar-refractivity contribution < 1.29 is 4.79 Å². The first-order valence-electron chi connectivity index (χ1n) is 5.74. The monoisotopic (exact) mass is 211 g/mol. The Hall–Kier alpha value is -0.630. The molecule has 0 bridgehead atoms. The normalized spacial score (nSPS) is 11.8. The van der Waals surface area contributed by atoms with E-state index in [1.165, 1.54) is 6.08 Å². The maximum Gasteiger partial charge on any atom is 0.155 e. The summed E-state index contributed by atoms with van der Waals surface area (Å²) in [5.41, 5.74) is 0.247. The molecule has 2 nitrogen and oxygen atoms in total. The first-order chi connectivity index (χ1) is 6.88. The molecule has 0 aromatic carbocycles. The smallest absolute Gasteiger partial charge is 0.155 e. The van der Waals surface area contributed by atoms with Crippen molar-refractivity contribution in [1.29, 1.82) is 0 Å². The zero-order chi connectivity index (χ0) is 11.9. The van der Waals surface area contributed by atoms with Crippen LogP contribution >= 0.6 is 0 Å². The van der Waals surface area contributed by atoms with Gasteiger partial charge in [-0.3, -0.25) is 4.79 Å². The first kappa shape index (κ1) is 14.4. The summed E-state index contributed by atoms with van der Waals surface area (Å²) in [6, 6.07) is 0. The molecule has 0 unspecified atom stereocenters. The number of nitrogens with zero attached hydrogens (tertiary/aromatic N) is 1. The Labute approximate surface area is 94.4 Å². The molecule has 2 heteroatoms. The summed E-state index contributed by atoms with van der Waals surface area (Å²) in [5.74, 6) is 0.166. The van der Waals surface area contributed by atoms with Crippen molar-refractivity contribution in [3.63, 3.8) is 0 Å². The molecule has 0 heterocycles.